The largest absolute Gasteiger partial charge is 0.328 e. The molecular formula is C15H27O3PS. The fourth-order valence-electron chi connectivity index (χ4n) is 1.91. The maximum atomic E-state index is 9.97. The Bertz CT molecular complexity index is 442. The minimum absolute atomic E-state index is 0.436. The predicted octanol–water partition coefficient (Wildman–Crippen LogP) is 4.21. The first-order valence-electron chi connectivity index (χ1n) is 7.33. The summed E-state index contributed by atoms with van der Waals surface area (Å²) in [5.74, 6) is 0. The molecule has 0 amide bonds. The first kappa shape index (κ1) is 17.9. The van der Waals surface area contributed by atoms with Gasteiger partial charge in [-0.05, 0) is 25.0 Å². The van der Waals surface area contributed by atoms with Crippen LogP contribution < -0.4 is 0 Å². The Morgan fingerprint density at radius 2 is 1.70 bits per heavy atom. The van der Waals surface area contributed by atoms with Crippen molar-refractivity contribution in [3.8, 4) is 0 Å². The molecule has 3 nitrogen and oxygen atoms in total. The van der Waals surface area contributed by atoms with Crippen LogP contribution in [0.4, 0.5) is 0 Å². The third-order valence-corrected chi connectivity index (χ3v) is 6.40. The van der Waals surface area contributed by atoms with Crippen LogP contribution in [0, 0.1) is 6.92 Å². The molecular weight excluding hydrogens is 291 g/mol. The van der Waals surface area contributed by atoms with E-state index in [4.69, 9.17) is 4.52 Å². The molecule has 0 bridgehead atoms. The van der Waals surface area contributed by atoms with Gasteiger partial charge in [0.2, 0.25) is 0 Å². The van der Waals surface area contributed by atoms with Gasteiger partial charge in [0.05, 0.1) is 6.61 Å². The monoisotopic (exact) mass is 318 g/mol. The van der Waals surface area contributed by atoms with Crippen molar-refractivity contribution in [1.29, 1.82) is 0 Å². The average molecular weight is 318 g/mol. The molecule has 0 aromatic heterocycles. The summed E-state index contributed by atoms with van der Waals surface area (Å²) >= 11 is 0. The number of rotatable bonds is 9. The number of hydrogen-bond donors (Lipinski definition) is 3. The Labute approximate surface area is 126 Å². The molecule has 0 saturated carbocycles. The Morgan fingerprint density at radius 1 is 1.05 bits per heavy atom. The fraction of sp³-hybridized carbons (Fsp3) is 0.600. The van der Waals surface area contributed by atoms with E-state index in [-0.39, 0.29) is 0 Å². The molecule has 1 aromatic rings. The summed E-state index contributed by atoms with van der Waals surface area (Å²) in [6.07, 6.45) is 6.99. The summed E-state index contributed by atoms with van der Waals surface area (Å²) in [6.45, 7) is 1.32. The highest BCUT2D eigenvalue weighted by molar-refractivity contribution is 8.16. The third-order valence-electron chi connectivity index (χ3n) is 3.12. The van der Waals surface area contributed by atoms with Crippen molar-refractivity contribution >= 4 is 17.7 Å². The minimum atomic E-state index is -3.28. The quantitative estimate of drug-likeness (QED) is 0.363. The smallest absolute Gasteiger partial charge is 0.281 e. The van der Waals surface area contributed by atoms with Crippen LogP contribution in [0.5, 0.6) is 0 Å². The van der Waals surface area contributed by atoms with Crippen LogP contribution in [0.1, 0.15) is 51.0 Å². The molecule has 1 rings (SSSR count). The molecule has 0 radical (unpaired) electrons. The van der Waals surface area contributed by atoms with E-state index >= 15 is 0 Å². The van der Waals surface area contributed by atoms with Gasteiger partial charge in [0.1, 0.15) is 0 Å². The van der Waals surface area contributed by atoms with E-state index < -0.39 is 6.72 Å². The molecule has 116 valence electrons. The zero-order valence-corrected chi connectivity index (χ0v) is 14.2. The zero-order valence-electron chi connectivity index (χ0n) is 12.5. The summed E-state index contributed by atoms with van der Waals surface area (Å²) in [7, 11) is 0.493. The molecule has 0 heterocycles. The van der Waals surface area contributed by atoms with Gasteiger partial charge in [-0.3, -0.25) is 0 Å². The van der Waals surface area contributed by atoms with E-state index in [1.165, 1.54) is 25.7 Å². The van der Waals surface area contributed by atoms with Crippen LogP contribution in [-0.2, 0) is 15.5 Å². The molecule has 0 aliphatic carbocycles. The van der Waals surface area contributed by atoms with Crippen molar-refractivity contribution in [2.75, 3.05) is 6.61 Å². The molecule has 0 aliphatic rings. The SMILES string of the molecule is CCCCCCCCOP(O)(O)=[SH]c1ccccc1C. The predicted molar refractivity (Wildman–Crippen MR) is 88.9 cm³/mol. The van der Waals surface area contributed by atoms with Gasteiger partial charge in [0, 0.05) is 4.90 Å². The molecule has 0 saturated heterocycles. The standard InChI is InChI=1S/C15H27O3PS/c1-3-4-5-6-7-10-13-18-19(16,17)20-15-12-9-8-11-14(15)2/h8-9,11-12,16-17,20H,3-7,10,13H2,1-2H3. The number of aryl methyl sites for hydroxylation is 1. The first-order valence-corrected chi connectivity index (χ1v) is 10.5. The lowest BCUT2D eigenvalue weighted by Crippen LogP contribution is -1.94. The molecule has 0 aliphatic heterocycles. The van der Waals surface area contributed by atoms with Gasteiger partial charge in [0.15, 0.2) is 0 Å². The van der Waals surface area contributed by atoms with Crippen molar-refractivity contribution in [2.24, 2.45) is 0 Å². The van der Waals surface area contributed by atoms with Crippen molar-refractivity contribution < 1.29 is 14.3 Å². The highest BCUT2D eigenvalue weighted by atomic mass is 32.5. The van der Waals surface area contributed by atoms with Gasteiger partial charge in [0.25, 0.3) is 6.72 Å². The zero-order chi connectivity index (χ0) is 14.8. The molecule has 1 aromatic carbocycles. The number of thiol groups is 1. The topological polar surface area (TPSA) is 49.7 Å². The van der Waals surface area contributed by atoms with Crippen molar-refractivity contribution in [3.63, 3.8) is 0 Å². The number of unbranched alkanes of at least 4 members (excludes halogenated alkanes) is 5. The van der Waals surface area contributed by atoms with Crippen LogP contribution >= 0.6 is 6.72 Å². The molecule has 0 spiro atoms. The van der Waals surface area contributed by atoms with Crippen molar-refractivity contribution in [1.82, 2.24) is 0 Å². The second-order valence-electron chi connectivity index (χ2n) is 5.00. The maximum absolute atomic E-state index is 9.97. The van der Waals surface area contributed by atoms with Crippen LogP contribution in [-0.4, -0.2) is 16.4 Å². The van der Waals surface area contributed by atoms with E-state index in [0.717, 1.165) is 23.3 Å². The van der Waals surface area contributed by atoms with E-state index in [9.17, 15) is 9.79 Å². The summed E-state index contributed by atoms with van der Waals surface area (Å²) in [5.41, 5.74) is 1.06. The third kappa shape index (κ3) is 7.61. The molecule has 5 heteroatoms. The Morgan fingerprint density at radius 3 is 2.40 bits per heavy atom. The van der Waals surface area contributed by atoms with Gasteiger partial charge in [-0.25, -0.2) is 0 Å². The average Bonchev–Trinajstić information content (AvgIpc) is 2.40. The molecule has 0 fully saturated rings. The van der Waals surface area contributed by atoms with E-state index in [1.807, 2.05) is 31.2 Å². The van der Waals surface area contributed by atoms with E-state index in [0.29, 0.717) is 17.5 Å². The van der Waals surface area contributed by atoms with E-state index in [1.54, 1.807) is 0 Å². The van der Waals surface area contributed by atoms with Crippen LogP contribution in [0.3, 0.4) is 0 Å². The summed E-state index contributed by atoms with van der Waals surface area (Å²) in [5, 5.41) is 0. The second kappa shape index (κ2) is 9.75. The van der Waals surface area contributed by atoms with Crippen molar-refractivity contribution in [2.45, 2.75) is 57.3 Å². The summed E-state index contributed by atoms with van der Waals surface area (Å²) in [4.78, 5) is 20.9. The normalized spacial score (nSPS) is 11.8. The maximum Gasteiger partial charge on any atom is 0.281 e. The van der Waals surface area contributed by atoms with E-state index in [2.05, 4.69) is 6.92 Å². The van der Waals surface area contributed by atoms with Crippen LogP contribution in [0.2, 0.25) is 0 Å². The van der Waals surface area contributed by atoms with Crippen molar-refractivity contribution in [3.05, 3.63) is 29.8 Å². The summed E-state index contributed by atoms with van der Waals surface area (Å²) in [6, 6.07) is 7.73. The summed E-state index contributed by atoms with van der Waals surface area (Å²) < 4.78 is 5.30. The lowest BCUT2D eigenvalue weighted by Gasteiger charge is -2.13. The fourth-order valence-corrected chi connectivity index (χ4v) is 4.95. The Balaban J connectivity index is 2.36. The molecule has 0 atom stereocenters. The first-order chi connectivity index (χ1) is 9.55. The highest BCUT2D eigenvalue weighted by Crippen LogP contribution is 2.41. The number of benzene rings is 1. The number of hydrogen-bond acceptors (Lipinski definition) is 1. The Hall–Kier alpha value is -0.120. The Kier molecular flexibility index (Phi) is 8.74. The van der Waals surface area contributed by atoms with Gasteiger partial charge >= 0.3 is 0 Å². The van der Waals surface area contributed by atoms with Gasteiger partial charge in [-0.2, -0.15) is 0 Å². The van der Waals surface area contributed by atoms with Gasteiger partial charge < -0.3 is 14.3 Å². The highest BCUT2D eigenvalue weighted by Gasteiger charge is 2.10. The molecule has 0 unspecified atom stereocenters. The second-order valence-corrected chi connectivity index (χ2v) is 9.13. The lowest BCUT2D eigenvalue weighted by molar-refractivity contribution is 0.245. The van der Waals surface area contributed by atoms with Crippen LogP contribution in [0.25, 0.3) is 0 Å². The van der Waals surface area contributed by atoms with Gasteiger partial charge in [-0.15, -0.1) is 0 Å². The van der Waals surface area contributed by atoms with Gasteiger partial charge in [-0.1, -0.05) is 68.2 Å². The lowest BCUT2D eigenvalue weighted by atomic mass is 10.1. The minimum Gasteiger partial charge on any atom is -0.328 e. The molecule has 20 heavy (non-hydrogen) atoms. The van der Waals surface area contributed by atoms with Crippen LogP contribution in [0.15, 0.2) is 29.2 Å². The molecule has 2 N–H and O–H groups in total.